The van der Waals surface area contributed by atoms with Crippen molar-refractivity contribution in [2.75, 3.05) is 31.1 Å². The van der Waals surface area contributed by atoms with Crippen LogP contribution in [0.4, 0.5) is 5.95 Å². The highest BCUT2D eigenvalue weighted by Gasteiger charge is 2.27. The number of fused-ring (bicyclic) bond motifs is 1. The van der Waals surface area contributed by atoms with E-state index in [1.807, 2.05) is 53.6 Å². The molecular formula is C20H24N6O3. The Kier molecular flexibility index (Phi) is 4.73. The molecule has 1 saturated heterocycles. The van der Waals surface area contributed by atoms with E-state index in [0.717, 1.165) is 0 Å². The number of aromatic amines is 1. The fourth-order valence-corrected chi connectivity index (χ4v) is 3.78. The maximum atomic E-state index is 12.7. The van der Waals surface area contributed by atoms with Gasteiger partial charge in [-0.3, -0.25) is 19.1 Å². The van der Waals surface area contributed by atoms with E-state index in [1.165, 1.54) is 4.57 Å². The predicted molar refractivity (Wildman–Crippen MR) is 111 cm³/mol. The minimum Gasteiger partial charge on any atom is -0.339 e. The number of hydrogen-bond acceptors (Lipinski definition) is 5. The first-order valence-electron chi connectivity index (χ1n) is 9.69. The van der Waals surface area contributed by atoms with Crippen molar-refractivity contribution in [1.29, 1.82) is 0 Å². The number of piperazine rings is 1. The van der Waals surface area contributed by atoms with E-state index in [4.69, 9.17) is 0 Å². The van der Waals surface area contributed by atoms with Crippen LogP contribution < -0.4 is 16.1 Å². The second-order valence-corrected chi connectivity index (χ2v) is 7.51. The molecule has 2 aromatic heterocycles. The average Bonchev–Trinajstić information content (AvgIpc) is 3.14. The average molecular weight is 396 g/mol. The highest BCUT2D eigenvalue weighted by molar-refractivity contribution is 5.94. The molecule has 1 N–H and O–H groups in total. The summed E-state index contributed by atoms with van der Waals surface area (Å²) in [6, 6.07) is 9.23. The zero-order valence-corrected chi connectivity index (χ0v) is 16.8. The number of amides is 1. The van der Waals surface area contributed by atoms with Crippen LogP contribution in [0.5, 0.6) is 0 Å². The fraction of sp³-hybridized carbons (Fsp3) is 0.400. The molecule has 0 unspecified atom stereocenters. The minimum atomic E-state index is -0.485. The number of nitrogens with zero attached hydrogens (tertiary/aromatic N) is 5. The number of nitrogens with one attached hydrogen (secondary N) is 1. The van der Waals surface area contributed by atoms with Gasteiger partial charge < -0.3 is 14.4 Å². The first kappa shape index (κ1) is 19.0. The number of aromatic nitrogens is 4. The van der Waals surface area contributed by atoms with Crippen LogP contribution in [0.1, 0.15) is 30.2 Å². The van der Waals surface area contributed by atoms with Gasteiger partial charge in [-0.05, 0) is 26.0 Å². The lowest BCUT2D eigenvalue weighted by molar-refractivity contribution is 0.0746. The minimum absolute atomic E-state index is 0.0152. The monoisotopic (exact) mass is 396 g/mol. The van der Waals surface area contributed by atoms with Crippen LogP contribution in [0.15, 0.2) is 39.9 Å². The molecule has 1 amide bonds. The number of rotatable bonds is 3. The van der Waals surface area contributed by atoms with Crippen LogP contribution >= 0.6 is 0 Å². The third-order valence-corrected chi connectivity index (χ3v) is 5.32. The maximum Gasteiger partial charge on any atom is 0.329 e. The summed E-state index contributed by atoms with van der Waals surface area (Å²) in [5.41, 5.74) is 0.510. The number of carbonyl (C=O) groups is 1. The first-order chi connectivity index (χ1) is 13.9. The van der Waals surface area contributed by atoms with Crippen molar-refractivity contribution in [2.24, 2.45) is 7.05 Å². The van der Waals surface area contributed by atoms with Crippen LogP contribution in [0.2, 0.25) is 0 Å². The Morgan fingerprint density at radius 2 is 1.72 bits per heavy atom. The second kappa shape index (κ2) is 7.23. The number of imidazole rings is 1. The van der Waals surface area contributed by atoms with Crippen LogP contribution in [0.3, 0.4) is 0 Å². The summed E-state index contributed by atoms with van der Waals surface area (Å²) >= 11 is 0. The van der Waals surface area contributed by atoms with E-state index in [1.54, 1.807) is 7.05 Å². The quantitative estimate of drug-likeness (QED) is 0.712. The molecule has 9 nitrogen and oxygen atoms in total. The lowest BCUT2D eigenvalue weighted by atomic mass is 10.2. The molecule has 9 heteroatoms. The molecule has 152 valence electrons. The summed E-state index contributed by atoms with van der Waals surface area (Å²) in [4.78, 5) is 48.0. The van der Waals surface area contributed by atoms with E-state index >= 15 is 0 Å². The Labute approximate surface area is 167 Å². The van der Waals surface area contributed by atoms with Crippen LogP contribution in [0.25, 0.3) is 11.2 Å². The van der Waals surface area contributed by atoms with E-state index in [-0.39, 0.29) is 11.9 Å². The lowest BCUT2D eigenvalue weighted by Crippen LogP contribution is -2.49. The van der Waals surface area contributed by atoms with E-state index < -0.39 is 11.2 Å². The van der Waals surface area contributed by atoms with Gasteiger partial charge in [-0.1, -0.05) is 18.2 Å². The third kappa shape index (κ3) is 3.22. The maximum absolute atomic E-state index is 12.7. The fourth-order valence-electron chi connectivity index (χ4n) is 3.78. The summed E-state index contributed by atoms with van der Waals surface area (Å²) in [5.74, 6) is 0.662. The van der Waals surface area contributed by atoms with Gasteiger partial charge in [-0.25, -0.2) is 4.79 Å². The van der Waals surface area contributed by atoms with Gasteiger partial charge in [-0.15, -0.1) is 0 Å². The molecule has 3 aromatic rings. The number of aryl methyl sites for hydroxylation is 1. The second-order valence-electron chi connectivity index (χ2n) is 7.51. The number of benzene rings is 1. The smallest absolute Gasteiger partial charge is 0.329 e. The molecule has 0 radical (unpaired) electrons. The topological polar surface area (TPSA) is 96.2 Å². The summed E-state index contributed by atoms with van der Waals surface area (Å²) < 4.78 is 3.22. The number of hydrogen-bond donors (Lipinski definition) is 1. The summed E-state index contributed by atoms with van der Waals surface area (Å²) in [6.07, 6.45) is 0. The van der Waals surface area contributed by atoms with Crippen molar-refractivity contribution in [1.82, 2.24) is 24.0 Å². The van der Waals surface area contributed by atoms with Gasteiger partial charge in [-0.2, -0.15) is 4.98 Å². The Morgan fingerprint density at radius 1 is 1.07 bits per heavy atom. The van der Waals surface area contributed by atoms with Crippen LogP contribution in [0, 0.1) is 0 Å². The molecule has 1 fully saturated rings. The lowest BCUT2D eigenvalue weighted by Gasteiger charge is -2.36. The molecule has 0 atom stereocenters. The molecule has 4 rings (SSSR count). The molecule has 3 heterocycles. The zero-order valence-electron chi connectivity index (χ0n) is 16.8. The number of anilines is 1. The Hall–Kier alpha value is -3.36. The van der Waals surface area contributed by atoms with Gasteiger partial charge >= 0.3 is 5.69 Å². The van der Waals surface area contributed by atoms with Crippen molar-refractivity contribution in [3.8, 4) is 0 Å². The summed E-state index contributed by atoms with van der Waals surface area (Å²) in [7, 11) is 1.60. The van der Waals surface area contributed by atoms with Crippen molar-refractivity contribution in [3.05, 3.63) is 56.7 Å². The molecule has 29 heavy (non-hydrogen) atoms. The van der Waals surface area contributed by atoms with Crippen molar-refractivity contribution in [2.45, 2.75) is 19.9 Å². The van der Waals surface area contributed by atoms with Crippen molar-refractivity contribution in [3.63, 3.8) is 0 Å². The summed E-state index contributed by atoms with van der Waals surface area (Å²) in [5, 5.41) is 0. The van der Waals surface area contributed by atoms with Gasteiger partial charge in [0, 0.05) is 44.8 Å². The standard InChI is InChI=1S/C20H24N6O3/c1-13(2)26-15-16(23(3)20(29)22-17(15)27)21-19(26)25-11-9-24(10-12-25)18(28)14-7-5-4-6-8-14/h4-8,13H,9-12H2,1-3H3,(H,22,27,29). The molecule has 0 bridgehead atoms. The van der Waals surface area contributed by atoms with Crippen LogP contribution in [-0.4, -0.2) is 56.1 Å². The van der Waals surface area contributed by atoms with Gasteiger partial charge in [0.25, 0.3) is 11.5 Å². The highest BCUT2D eigenvalue weighted by Crippen LogP contribution is 2.25. The third-order valence-electron chi connectivity index (χ3n) is 5.32. The van der Waals surface area contributed by atoms with E-state index in [9.17, 15) is 14.4 Å². The normalized spacial score (nSPS) is 14.8. The van der Waals surface area contributed by atoms with E-state index in [0.29, 0.717) is 48.9 Å². The van der Waals surface area contributed by atoms with Crippen molar-refractivity contribution < 1.29 is 4.79 Å². The number of H-pyrrole nitrogens is 1. The largest absolute Gasteiger partial charge is 0.339 e. The molecule has 1 aliphatic rings. The molecule has 0 saturated carbocycles. The van der Waals surface area contributed by atoms with Gasteiger partial charge in [0.2, 0.25) is 5.95 Å². The van der Waals surface area contributed by atoms with Gasteiger partial charge in [0.15, 0.2) is 11.2 Å². The molecule has 1 aliphatic heterocycles. The Bertz CT molecular complexity index is 1170. The molecule has 1 aromatic carbocycles. The SMILES string of the molecule is CC(C)n1c(N2CCN(C(=O)c3ccccc3)CC2)nc2c1c(=O)[nH]c(=O)n2C. The summed E-state index contributed by atoms with van der Waals surface area (Å²) in [6.45, 7) is 6.27. The Balaban J connectivity index is 1.65. The number of carbonyl (C=O) groups excluding carboxylic acids is 1. The van der Waals surface area contributed by atoms with E-state index in [2.05, 4.69) is 14.9 Å². The zero-order chi connectivity index (χ0) is 20.7. The highest BCUT2D eigenvalue weighted by atomic mass is 16.2. The molecule has 0 spiro atoms. The first-order valence-corrected chi connectivity index (χ1v) is 9.69. The predicted octanol–water partition coefficient (Wildman–Crippen LogP) is 0.967. The molecule has 0 aliphatic carbocycles. The van der Waals surface area contributed by atoms with Gasteiger partial charge in [0.1, 0.15) is 0 Å². The van der Waals surface area contributed by atoms with Crippen LogP contribution in [-0.2, 0) is 7.05 Å². The van der Waals surface area contributed by atoms with Gasteiger partial charge in [0.05, 0.1) is 0 Å². The Morgan fingerprint density at radius 3 is 2.34 bits per heavy atom. The van der Waals surface area contributed by atoms with Crippen molar-refractivity contribution >= 4 is 23.0 Å². The molecular weight excluding hydrogens is 372 g/mol.